The van der Waals surface area contributed by atoms with Crippen molar-refractivity contribution < 1.29 is 9.84 Å². The second-order valence-electron chi connectivity index (χ2n) is 5.26. The SMILES string of the molecule is COc1cc(O)ccc1C1C2C=CC(C2)C1C. The zero-order valence-electron chi connectivity index (χ0n) is 10.3. The summed E-state index contributed by atoms with van der Waals surface area (Å²) in [4.78, 5) is 0. The third-order valence-electron chi connectivity index (χ3n) is 4.43. The van der Waals surface area contributed by atoms with E-state index in [1.807, 2.05) is 6.07 Å². The Morgan fingerprint density at radius 2 is 2.00 bits per heavy atom. The largest absolute Gasteiger partial charge is 0.508 e. The lowest BCUT2D eigenvalue weighted by atomic mass is 9.79. The maximum atomic E-state index is 9.52. The molecule has 0 aliphatic heterocycles. The van der Waals surface area contributed by atoms with Gasteiger partial charge in [-0.25, -0.2) is 0 Å². The third-order valence-corrected chi connectivity index (χ3v) is 4.43. The van der Waals surface area contributed by atoms with E-state index in [1.54, 1.807) is 19.2 Å². The minimum atomic E-state index is 0.275. The van der Waals surface area contributed by atoms with Crippen molar-refractivity contribution in [2.24, 2.45) is 17.8 Å². The third kappa shape index (κ3) is 1.54. The first-order valence-electron chi connectivity index (χ1n) is 6.26. The van der Waals surface area contributed by atoms with Crippen molar-refractivity contribution in [3.05, 3.63) is 35.9 Å². The summed E-state index contributed by atoms with van der Waals surface area (Å²) in [6, 6.07) is 5.50. The summed E-state index contributed by atoms with van der Waals surface area (Å²) in [5.41, 5.74) is 1.25. The molecule has 0 saturated heterocycles. The average Bonchev–Trinajstić information content (AvgIpc) is 2.90. The molecule has 1 aromatic rings. The maximum Gasteiger partial charge on any atom is 0.126 e. The molecule has 17 heavy (non-hydrogen) atoms. The summed E-state index contributed by atoms with van der Waals surface area (Å²) in [5.74, 6) is 3.68. The lowest BCUT2D eigenvalue weighted by Gasteiger charge is -2.26. The van der Waals surface area contributed by atoms with Gasteiger partial charge in [-0.05, 0) is 41.7 Å². The molecule has 0 radical (unpaired) electrons. The maximum absolute atomic E-state index is 9.52. The van der Waals surface area contributed by atoms with Gasteiger partial charge in [-0.1, -0.05) is 25.1 Å². The van der Waals surface area contributed by atoms with Crippen LogP contribution in [0.1, 0.15) is 24.8 Å². The normalized spacial score (nSPS) is 34.2. The van der Waals surface area contributed by atoms with Crippen molar-refractivity contribution in [2.45, 2.75) is 19.3 Å². The summed E-state index contributed by atoms with van der Waals surface area (Å²) in [7, 11) is 1.67. The Morgan fingerprint density at radius 3 is 2.65 bits per heavy atom. The monoisotopic (exact) mass is 230 g/mol. The highest BCUT2D eigenvalue weighted by molar-refractivity contribution is 5.44. The van der Waals surface area contributed by atoms with E-state index in [0.717, 1.165) is 11.7 Å². The van der Waals surface area contributed by atoms with Crippen molar-refractivity contribution >= 4 is 0 Å². The van der Waals surface area contributed by atoms with Crippen LogP contribution in [0.15, 0.2) is 30.4 Å². The molecule has 0 aromatic heterocycles. The quantitative estimate of drug-likeness (QED) is 0.790. The molecule has 1 saturated carbocycles. The van der Waals surface area contributed by atoms with E-state index in [-0.39, 0.29) is 5.75 Å². The van der Waals surface area contributed by atoms with Crippen LogP contribution in [0, 0.1) is 17.8 Å². The minimum Gasteiger partial charge on any atom is -0.508 e. The van der Waals surface area contributed by atoms with E-state index < -0.39 is 0 Å². The number of phenols is 1. The van der Waals surface area contributed by atoms with E-state index in [4.69, 9.17) is 4.74 Å². The van der Waals surface area contributed by atoms with Crippen LogP contribution in [0.5, 0.6) is 11.5 Å². The summed E-state index contributed by atoms with van der Waals surface area (Å²) < 4.78 is 5.41. The number of aromatic hydroxyl groups is 1. The number of allylic oxidation sites excluding steroid dienone is 2. The van der Waals surface area contributed by atoms with Crippen LogP contribution in [0.2, 0.25) is 0 Å². The Balaban J connectivity index is 2.02. The molecule has 3 rings (SSSR count). The van der Waals surface area contributed by atoms with Gasteiger partial charge in [0.1, 0.15) is 11.5 Å². The molecule has 2 aliphatic carbocycles. The predicted octanol–water partition coefficient (Wildman–Crippen LogP) is 3.33. The molecule has 1 N–H and O–H groups in total. The number of benzene rings is 1. The minimum absolute atomic E-state index is 0.275. The summed E-state index contributed by atoms with van der Waals surface area (Å²) in [6.45, 7) is 2.32. The van der Waals surface area contributed by atoms with Gasteiger partial charge in [0.2, 0.25) is 0 Å². The Morgan fingerprint density at radius 1 is 1.24 bits per heavy atom. The van der Waals surface area contributed by atoms with Gasteiger partial charge in [-0.2, -0.15) is 0 Å². The Labute approximate surface area is 102 Å². The molecule has 0 spiro atoms. The van der Waals surface area contributed by atoms with Crippen LogP contribution in [-0.4, -0.2) is 12.2 Å². The molecule has 1 aromatic carbocycles. The topological polar surface area (TPSA) is 29.5 Å². The molecule has 1 fully saturated rings. The van der Waals surface area contributed by atoms with E-state index in [1.165, 1.54) is 12.0 Å². The Hall–Kier alpha value is -1.44. The second kappa shape index (κ2) is 3.80. The molecule has 2 bridgehead atoms. The number of methoxy groups -OCH3 is 1. The highest BCUT2D eigenvalue weighted by Crippen LogP contribution is 2.54. The van der Waals surface area contributed by atoms with E-state index in [0.29, 0.717) is 17.8 Å². The van der Waals surface area contributed by atoms with Gasteiger partial charge in [0.05, 0.1) is 7.11 Å². The van der Waals surface area contributed by atoms with Gasteiger partial charge < -0.3 is 9.84 Å². The number of hydrogen-bond acceptors (Lipinski definition) is 2. The molecule has 4 atom stereocenters. The summed E-state index contributed by atoms with van der Waals surface area (Å²) in [6.07, 6.45) is 5.98. The zero-order chi connectivity index (χ0) is 12.0. The molecule has 90 valence electrons. The van der Waals surface area contributed by atoms with Crippen LogP contribution < -0.4 is 4.74 Å². The van der Waals surface area contributed by atoms with Gasteiger partial charge in [0, 0.05) is 6.07 Å². The second-order valence-corrected chi connectivity index (χ2v) is 5.26. The lowest BCUT2D eigenvalue weighted by molar-refractivity contribution is 0.376. The number of phenolic OH excluding ortho intramolecular Hbond substituents is 1. The zero-order valence-corrected chi connectivity index (χ0v) is 10.3. The van der Waals surface area contributed by atoms with Gasteiger partial charge in [0.15, 0.2) is 0 Å². The molecule has 4 unspecified atom stereocenters. The first-order chi connectivity index (χ1) is 8.20. The molecular formula is C15H18O2. The van der Waals surface area contributed by atoms with Crippen molar-refractivity contribution in [3.8, 4) is 11.5 Å². The molecule has 2 nitrogen and oxygen atoms in total. The lowest BCUT2D eigenvalue weighted by Crippen LogP contribution is -2.15. The molecular weight excluding hydrogens is 212 g/mol. The standard InChI is InChI=1S/C15H18O2/c1-9-10-3-4-11(7-10)15(9)13-6-5-12(16)8-14(13)17-2/h3-6,8-11,15-16H,7H2,1-2H3. The summed E-state index contributed by atoms with van der Waals surface area (Å²) in [5, 5.41) is 9.52. The predicted molar refractivity (Wildman–Crippen MR) is 67.3 cm³/mol. The average molecular weight is 230 g/mol. The number of rotatable bonds is 2. The fourth-order valence-electron chi connectivity index (χ4n) is 3.56. The fraction of sp³-hybridized carbons (Fsp3) is 0.467. The van der Waals surface area contributed by atoms with Crippen molar-refractivity contribution in [1.29, 1.82) is 0 Å². The number of ether oxygens (including phenoxy) is 1. The van der Waals surface area contributed by atoms with Gasteiger partial charge in [0.25, 0.3) is 0 Å². The van der Waals surface area contributed by atoms with Crippen LogP contribution in [0.25, 0.3) is 0 Å². The Bertz CT molecular complexity index is 464. The van der Waals surface area contributed by atoms with E-state index in [2.05, 4.69) is 19.1 Å². The molecule has 0 heterocycles. The van der Waals surface area contributed by atoms with Crippen LogP contribution in [0.3, 0.4) is 0 Å². The first kappa shape index (κ1) is 10.7. The van der Waals surface area contributed by atoms with Crippen molar-refractivity contribution in [1.82, 2.24) is 0 Å². The number of hydrogen-bond donors (Lipinski definition) is 1. The molecule has 2 heteroatoms. The number of fused-ring (bicyclic) bond motifs is 2. The highest BCUT2D eigenvalue weighted by Gasteiger charge is 2.43. The van der Waals surface area contributed by atoms with E-state index in [9.17, 15) is 5.11 Å². The van der Waals surface area contributed by atoms with Crippen LogP contribution >= 0.6 is 0 Å². The fourth-order valence-corrected chi connectivity index (χ4v) is 3.56. The molecule has 0 amide bonds. The van der Waals surface area contributed by atoms with Crippen molar-refractivity contribution in [2.75, 3.05) is 7.11 Å². The van der Waals surface area contributed by atoms with Crippen molar-refractivity contribution in [3.63, 3.8) is 0 Å². The van der Waals surface area contributed by atoms with Crippen LogP contribution in [-0.2, 0) is 0 Å². The Kier molecular flexibility index (Phi) is 2.39. The first-order valence-corrected chi connectivity index (χ1v) is 6.26. The van der Waals surface area contributed by atoms with Gasteiger partial charge in [-0.15, -0.1) is 0 Å². The highest BCUT2D eigenvalue weighted by atomic mass is 16.5. The van der Waals surface area contributed by atoms with Gasteiger partial charge in [-0.3, -0.25) is 0 Å². The van der Waals surface area contributed by atoms with Gasteiger partial charge >= 0.3 is 0 Å². The van der Waals surface area contributed by atoms with Crippen LogP contribution in [0.4, 0.5) is 0 Å². The van der Waals surface area contributed by atoms with E-state index >= 15 is 0 Å². The summed E-state index contributed by atoms with van der Waals surface area (Å²) >= 11 is 0. The molecule has 2 aliphatic rings. The smallest absolute Gasteiger partial charge is 0.126 e.